The number of nitrogens with zero attached hydrogens (tertiary/aromatic N) is 2. The lowest BCUT2D eigenvalue weighted by Crippen LogP contribution is -2.50. The van der Waals surface area contributed by atoms with E-state index in [1.807, 2.05) is 32.9 Å². The second kappa shape index (κ2) is 8.07. The summed E-state index contributed by atoms with van der Waals surface area (Å²) in [4.78, 5) is 15.2. The molecule has 0 saturated heterocycles. The van der Waals surface area contributed by atoms with Crippen molar-refractivity contribution in [1.29, 1.82) is 0 Å². The minimum atomic E-state index is -4.05. The zero-order chi connectivity index (χ0) is 22.2. The molecule has 3 aromatic carbocycles. The number of para-hydroxylation sites is 1. The SMILES string of the molecule is CCOc1ccc(N2C(=O)N(Cc3ccc(C)cc3C)c3ccccc3S2(=O)=O)cc1. The van der Waals surface area contributed by atoms with Crippen LogP contribution < -0.4 is 13.9 Å². The van der Waals surface area contributed by atoms with E-state index in [1.165, 1.54) is 11.0 Å². The second-order valence-electron chi connectivity index (χ2n) is 7.46. The average molecular weight is 437 g/mol. The van der Waals surface area contributed by atoms with E-state index < -0.39 is 16.1 Å². The van der Waals surface area contributed by atoms with Crippen LogP contribution in [0.3, 0.4) is 0 Å². The van der Waals surface area contributed by atoms with Gasteiger partial charge in [0, 0.05) is 0 Å². The number of hydrogen-bond acceptors (Lipinski definition) is 4. The van der Waals surface area contributed by atoms with Gasteiger partial charge in [-0.1, -0.05) is 35.9 Å². The van der Waals surface area contributed by atoms with Crippen LogP contribution in [-0.4, -0.2) is 21.1 Å². The average Bonchev–Trinajstić information content (AvgIpc) is 2.74. The van der Waals surface area contributed by atoms with E-state index in [2.05, 4.69) is 6.07 Å². The molecule has 1 aliphatic rings. The van der Waals surface area contributed by atoms with Crippen LogP contribution in [0.5, 0.6) is 5.75 Å². The lowest BCUT2D eigenvalue weighted by atomic mass is 10.1. The number of hydrogen-bond donors (Lipinski definition) is 0. The van der Waals surface area contributed by atoms with Gasteiger partial charge in [-0.25, -0.2) is 13.2 Å². The normalized spacial score (nSPS) is 15.0. The number of rotatable bonds is 5. The molecule has 0 aromatic heterocycles. The summed E-state index contributed by atoms with van der Waals surface area (Å²) in [5.74, 6) is 0.612. The van der Waals surface area contributed by atoms with Crippen molar-refractivity contribution in [3.05, 3.63) is 83.4 Å². The molecule has 0 N–H and O–H groups in total. The molecule has 7 heteroatoms. The van der Waals surface area contributed by atoms with Gasteiger partial charge < -0.3 is 4.74 Å². The molecule has 0 bridgehead atoms. The van der Waals surface area contributed by atoms with Crippen LogP contribution in [0.2, 0.25) is 0 Å². The first kappa shape index (κ1) is 20.9. The highest BCUT2D eigenvalue weighted by molar-refractivity contribution is 7.94. The van der Waals surface area contributed by atoms with Gasteiger partial charge in [0.15, 0.2) is 0 Å². The minimum Gasteiger partial charge on any atom is -0.494 e. The van der Waals surface area contributed by atoms with E-state index in [9.17, 15) is 13.2 Å². The Hall–Kier alpha value is -3.32. The highest BCUT2D eigenvalue weighted by atomic mass is 32.2. The lowest BCUT2D eigenvalue weighted by Gasteiger charge is -2.36. The Morgan fingerprint density at radius 3 is 2.32 bits per heavy atom. The number of anilines is 2. The third-order valence-corrected chi connectivity index (χ3v) is 7.04. The molecule has 0 radical (unpaired) electrons. The summed E-state index contributed by atoms with van der Waals surface area (Å²) >= 11 is 0. The second-order valence-corrected chi connectivity index (χ2v) is 9.22. The Kier molecular flexibility index (Phi) is 5.45. The molecule has 31 heavy (non-hydrogen) atoms. The van der Waals surface area contributed by atoms with Gasteiger partial charge in [0.1, 0.15) is 10.6 Å². The zero-order valence-electron chi connectivity index (χ0n) is 17.7. The van der Waals surface area contributed by atoms with Gasteiger partial charge in [-0.3, -0.25) is 4.90 Å². The highest BCUT2D eigenvalue weighted by Gasteiger charge is 2.42. The fourth-order valence-electron chi connectivity index (χ4n) is 3.75. The van der Waals surface area contributed by atoms with Crippen molar-refractivity contribution in [3.8, 4) is 5.75 Å². The number of sulfonamides is 1. The molecule has 1 aliphatic heterocycles. The number of aryl methyl sites for hydroxylation is 2. The predicted molar refractivity (Wildman–Crippen MR) is 121 cm³/mol. The number of amides is 2. The van der Waals surface area contributed by atoms with Crippen molar-refractivity contribution in [1.82, 2.24) is 0 Å². The van der Waals surface area contributed by atoms with Crippen molar-refractivity contribution < 1.29 is 17.9 Å². The van der Waals surface area contributed by atoms with Gasteiger partial charge in [0.05, 0.1) is 24.5 Å². The molecule has 0 spiro atoms. The maximum absolute atomic E-state index is 13.5. The Labute approximate surface area is 182 Å². The van der Waals surface area contributed by atoms with E-state index in [0.29, 0.717) is 18.0 Å². The minimum absolute atomic E-state index is 0.105. The van der Waals surface area contributed by atoms with E-state index in [1.54, 1.807) is 42.5 Å². The van der Waals surface area contributed by atoms with Crippen LogP contribution in [0.15, 0.2) is 71.6 Å². The molecular formula is C24H24N2O4S. The third kappa shape index (κ3) is 3.77. The Morgan fingerprint density at radius 2 is 1.65 bits per heavy atom. The fourth-order valence-corrected chi connectivity index (χ4v) is 5.35. The Morgan fingerprint density at radius 1 is 0.935 bits per heavy atom. The van der Waals surface area contributed by atoms with Gasteiger partial charge in [0.2, 0.25) is 0 Å². The molecular weight excluding hydrogens is 412 g/mol. The third-order valence-electron chi connectivity index (χ3n) is 5.29. The topological polar surface area (TPSA) is 66.9 Å². The van der Waals surface area contributed by atoms with E-state index >= 15 is 0 Å². The largest absolute Gasteiger partial charge is 0.494 e. The summed E-state index contributed by atoms with van der Waals surface area (Å²) in [6.45, 7) is 6.64. The number of benzene rings is 3. The first-order valence-corrected chi connectivity index (χ1v) is 11.5. The fraction of sp³-hybridized carbons (Fsp3) is 0.208. The molecule has 1 heterocycles. The number of fused-ring (bicyclic) bond motifs is 1. The van der Waals surface area contributed by atoms with E-state index in [0.717, 1.165) is 21.0 Å². The predicted octanol–water partition coefficient (Wildman–Crippen LogP) is 5.04. The molecule has 2 amide bonds. The molecule has 160 valence electrons. The first-order valence-electron chi connectivity index (χ1n) is 10.1. The summed E-state index contributed by atoms with van der Waals surface area (Å²) in [7, 11) is -4.05. The van der Waals surface area contributed by atoms with Crippen molar-refractivity contribution in [2.75, 3.05) is 15.8 Å². The van der Waals surface area contributed by atoms with Crippen LogP contribution in [0.4, 0.5) is 16.2 Å². The van der Waals surface area contributed by atoms with Crippen LogP contribution >= 0.6 is 0 Å². The lowest BCUT2D eigenvalue weighted by molar-refractivity contribution is 0.253. The van der Waals surface area contributed by atoms with Gasteiger partial charge in [0.25, 0.3) is 10.0 Å². The molecule has 4 rings (SSSR count). The molecule has 0 fully saturated rings. The Bertz CT molecular complexity index is 1240. The van der Waals surface area contributed by atoms with Crippen LogP contribution in [0.1, 0.15) is 23.6 Å². The molecule has 0 saturated carbocycles. The smallest absolute Gasteiger partial charge is 0.343 e. The molecule has 0 aliphatic carbocycles. The Balaban J connectivity index is 1.81. The molecule has 0 unspecified atom stereocenters. The van der Waals surface area contributed by atoms with E-state index in [4.69, 9.17) is 4.74 Å². The van der Waals surface area contributed by atoms with Crippen LogP contribution in [0.25, 0.3) is 0 Å². The maximum atomic E-state index is 13.5. The molecule has 3 aromatic rings. The first-order chi connectivity index (χ1) is 14.8. The quantitative estimate of drug-likeness (QED) is 0.562. The summed E-state index contributed by atoms with van der Waals surface area (Å²) in [5, 5.41) is 0. The monoisotopic (exact) mass is 436 g/mol. The number of urea groups is 1. The summed E-state index contributed by atoms with van der Waals surface area (Å²) in [6.07, 6.45) is 0. The zero-order valence-corrected chi connectivity index (χ0v) is 18.5. The van der Waals surface area contributed by atoms with Crippen molar-refractivity contribution >= 4 is 27.4 Å². The number of carbonyl (C=O) groups is 1. The van der Waals surface area contributed by atoms with Gasteiger partial charge in [-0.05, 0) is 68.3 Å². The maximum Gasteiger partial charge on any atom is 0.343 e. The van der Waals surface area contributed by atoms with Crippen LogP contribution in [0, 0.1) is 13.8 Å². The van der Waals surface area contributed by atoms with Crippen molar-refractivity contribution in [2.45, 2.75) is 32.2 Å². The summed E-state index contributed by atoms with van der Waals surface area (Å²) in [6, 6.07) is 18.5. The van der Waals surface area contributed by atoms with E-state index in [-0.39, 0.29) is 17.1 Å². The number of ether oxygens (including phenoxy) is 1. The van der Waals surface area contributed by atoms with Gasteiger partial charge >= 0.3 is 6.03 Å². The standard InChI is InChI=1S/C24H24N2O4S/c1-4-30-21-13-11-20(12-14-21)26-24(27)25(16-19-10-9-17(2)15-18(19)3)22-7-5-6-8-23(22)31(26,28)29/h5-15H,4,16H2,1-3H3. The molecule has 0 atom stereocenters. The van der Waals surface area contributed by atoms with Crippen LogP contribution in [-0.2, 0) is 16.6 Å². The summed E-state index contributed by atoms with van der Waals surface area (Å²) in [5.41, 5.74) is 3.79. The van der Waals surface area contributed by atoms with Gasteiger partial charge in [-0.15, -0.1) is 0 Å². The highest BCUT2D eigenvalue weighted by Crippen LogP contribution is 2.38. The molecule has 6 nitrogen and oxygen atoms in total. The number of carbonyl (C=O) groups excluding carboxylic acids is 1. The van der Waals surface area contributed by atoms with Crippen molar-refractivity contribution in [3.63, 3.8) is 0 Å². The van der Waals surface area contributed by atoms with Gasteiger partial charge in [-0.2, -0.15) is 4.31 Å². The summed E-state index contributed by atoms with van der Waals surface area (Å²) < 4.78 is 33.1. The van der Waals surface area contributed by atoms with Crippen molar-refractivity contribution in [2.24, 2.45) is 0 Å².